The Balaban J connectivity index is 1.02. The largest absolute Gasteiger partial charge is 0.497 e. The Hall–Kier alpha value is -12.5. The summed E-state index contributed by atoms with van der Waals surface area (Å²) in [6.07, 6.45) is 5.69. The molecule has 1 unspecified atom stereocenters. The summed E-state index contributed by atoms with van der Waals surface area (Å²) in [5, 5.41) is 9.11. The van der Waals surface area contributed by atoms with Crippen molar-refractivity contribution in [2.24, 2.45) is 28.9 Å². The summed E-state index contributed by atoms with van der Waals surface area (Å²) in [5.74, 6) is -2.50. The number of unbranched alkanes of at least 4 members (excludes halogenated alkanes) is 2. The van der Waals surface area contributed by atoms with Crippen LogP contribution in [0.25, 0.3) is 0 Å². The lowest BCUT2D eigenvalue weighted by Crippen LogP contribution is -2.54. The fraction of sp³-hybridized carbons (Fsp3) is 0.495. The average Bonchev–Trinajstić information content (AvgIpc) is 1.66. The second-order valence-electron chi connectivity index (χ2n) is 33.0. The van der Waals surface area contributed by atoms with E-state index in [1.165, 1.54) is 93.7 Å². The van der Waals surface area contributed by atoms with E-state index in [-0.39, 0.29) is 141 Å². The minimum Gasteiger partial charge on any atom is -0.497 e. The topological polar surface area (TPSA) is 447 Å². The molecular weight excluding hydrogens is 1730 g/mol. The Morgan fingerprint density at radius 3 is 0.932 bits per heavy atom. The van der Waals surface area contributed by atoms with Gasteiger partial charge in [0.25, 0.3) is 0 Å². The number of nitrogens with zero attached hydrogens (tertiary/aromatic N) is 9. The molecule has 0 bridgehead atoms. The number of thioether (sulfide) groups is 1. The lowest BCUT2D eigenvalue weighted by atomic mass is 9.97. The number of benzene rings is 6. The molecule has 0 saturated carbocycles. The van der Waals surface area contributed by atoms with Gasteiger partial charge >= 0.3 is 0 Å². The molecule has 36 heteroatoms. The molecule has 8 rings (SSSR count). The molecular formula is C97H134N16O19S. The van der Waals surface area contributed by atoms with Crippen LogP contribution in [0.3, 0.4) is 0 Å². The first-order chi connectivity index (χ1) is 64.1. The highest BCUT2D eigenvalue weighted by atomic mass is 32.2. The van der Waals surface area contributed by atoms with E-state index in [4.69, 9.17) is 51.4 Å². The summed E-state index contributed by atoms with van der Waals surface area (Å²) in [6.45, 7) is -4.51. The SMILES string of the molecule is COc1ccc(CCN(CC(=O)N[C@@H](CCCCNC(=O)CCCCC2SC[C@@H]3CC(=O)N[C@H]23)C(N)=O)C(=O)CN(CCc2ccc(OC)cc2)C(=O)CN(CCN)C(=O)CN(CCc2ccc(OC)cc2)C(=O)CN(CCc2ccc(OC)cc2)C(=O)CN(CCN)C(=O)CN(CCc2ccc(OC)cc2)C(=O)CN(CCc2ccc(OC)cc2)C(=O)CN(CCN)C(C)=O)cc1. The molecule has 2 heterocycles. The van der Waals surface area contributed by atoms with Crippen LogP contribution in [0.4, 0.5) is 0 Å². The molecule has 133 heavy (non-hydrogen) atoms. The number of primary amides is 1. The van der Waals surface area contributed by atoms with Gasteiger partial charge in [-0.05, 0) is 188 Å². The third-order valence-corrected chi connectivity index (χ3v) is 25.2. The van der Waals surface area contributed by atoms with E-state index in [1.54, 1.807) is 109 Å². The molecule has 11 N–H and O–H groups in total. The van der Waals surface area contributed by atoms with Crippen molar-refractivity contribution >= 4 is 88.6 Å². The van der Waals surface area contributed by atoms with Crippen molar-refractivity contribution in [2.75, 3.05) is 192 Å². The second-order valence-corrected chi connectivity index (χ2v) is 34.2. The predicted octanol–water partition coefficient (Wildman–Crippen LogP) is 3.28. The van der Waals surface area contributed by atoms with Gasteiger partial charge < -0.3 is 111 Å². The van der Waals surface area contributed by atoms with Crippen molar-refractivity contribution in [3.05, 3.63) is 179 Å². The van der Waals surface area contributed by atoms with Gasteiger partial charge in [-0.15, -0.1) is 0 Å². The first-order valence-corrected chi connectivity index (χ1v) is 46.3. The molecule has 0 spiro atoms. The molecule has 722 valence electrons. The molecule has 0 aromatic heterocycles. The molecule has 2 aliphatic rings. The molecule has 2 aliphatic heterocycles. The van der Waals surface area contributed by atoms with E-state index in [0.29, 0.717) is 90.7 Å². The summed E-state index contributed by atoms with van der Waals surface area (Å²) in [5.41, 5.74) is 28.9. The highest BCUT2D eigenvalue weighted by molar-refractivity contribution is 8.00. The second kappa shape index (κ2) is 56.4. The van der Waals surface area contributed by atoms with Crippen LogP contribution < -0.4 is 67.3 Å². The molecule has 0 radical (unpaired) electrons. The number of nitrogens with one attached hydrogen (secondary N) is 3. The van der Waals surface area contributed by atoms with Crippen LogP contribution in [0.5, 0.6) is 34.5 Å². The van der Waals surface area contributed by atoms with E-state index in [1.807, 2.05) is 48.2 Å². The van der Waals surface area contributed by atoms with Gasteiger partial charge in [0.05, 0.1) is 102 Å². The number of nitrogens with two attached hydrogens (primary N) is 4. The van der Waals surface area contributed by atoms with Crippen molar-refractivity contribution in [3.8, 4) is 34.5 Å². The van der Waals surface area contributed by atoms with Crippen LogP contribution in [0.15, 0.2) is 146 Å². The maximum absolute atomic E-state index is 15.6. The van der Waals surface area contributed by atoms with Crippen molar-refractivity contribution in [1.29, 1.82) is 0 Å². The molecule has 35 nitrogen and oxygen atoms in total. The van der Waals surface area contributed by atoms with Gasteiger partial charge in [0.2, 0.25) is 76.8 Å². The molecule has 13 amide bonds. The van der Waals surface area contributed by atoms with Crippen molar-refractivity contribution < 1.29 is 90.8 Å². The number of amides is 13. The van der Waals surface area contributed by atoms with Crippen LogP contribution in [0, 0.1) is 5.92 Å². The van der Waals surface area contributed by atoms with Crippen LogP contribution in [0.2, 0.25) is 0 Å². The quantitative estimate of drug-likeness (QED) is 0.0269. The van der Waals surface area contributed by atoms with Gasteiger partial charge in [-0.1, -0.05) is 79.2 Å². The van der Waals surface area contributed by atoms with E-state index >= 15 is 33.6 Å². The maximum Gasteiger partial charge on any atom is 0.242 e. The number of hydrogen-bond donors (Lipinski definition) is 7. The lowest BCUT2D eigenvalue weighted by molar-refractivity contribution is -0.148. The minimum atomic E-state index is -1.15. The van der Waals surface area contributed by atoms with Gasteiger partial charge in [-0.25, -0.2) is 0 Å². The zero-order valence-electron chi connectivity index (χ0n) is 77.8. The Kier molecular flexibility index (Phi) is 44.8. The average molecular weight is 1860 g/mol. The number of carbonyl (C=O) groups is 13. The van der Waals surface area contributed by atoms with Crippen LogP contribution in [0.1, 0.15) is 91.7 Å². The van der Waals surface area contributed by atoms with Gasteiger partial charge in [0, 0.05) is 116 Å². The summed E-state index contributed by atoms with van der Waals surface area (Å²) in [6, 6.07) is 41.8. The summed E-state index contributed by atoms with van der Waals surface area (Å²) >= 11 is 1.88. The summed E-state index contributed by atoms with van der Waals surface area (Å²) < 4.78 is 32.5. The molecule has 2 saturated heterocycles. The van der Waals surface area contributed by atoms with E-state index in [0.717, 1.165) is 52.0 Å². The van der Waals surface area contributed by atoms with Gasteiger partial charge in [-0.3, -0.25) is 62.3 Å². The highest BCUT2D eigenvalue weighted by Gasteiger charge is 2.43. The van der Waals surface area contributed by atoms with Crippen molar-refractivity contribution in [1.82, 2.24) is 60.0 Å². The lowest BCUT2D eigenvalue weighted by Gasteiger charge is -2.33. The summed E-state index contributed by atoms with van der Waals surface area (Å²) in [4.78, 5) is 198. The van der Waals surface area contributed by atoms with E-state index < -0.39 is 123 Å². The number of ether oxygens (including phenoxy) is 6. The number of methoxy groups -OCH3 is 6. The Labute approximate surface area is 784 Å². The number of fused-ring (bicyclic) bond motifs is 1. The van der Waals surface area contributed by atoms with Crippen LogP contribution >= 0.6 is 11.8 Å². The molecule has 6 aromatic carbocycles. The Morgan fingerprint density at radius 1 is 0.376 bits per heavy atom. The molecule has 0 aliphatic carbocycles. The molecule has 2 fully saturated rings. The predicted molar refractivity (Wildman–Crippen MR) is 505 cm³/mol. The minimum absolute atomic E-state index is 0.0314. The van der Waals surface area contributed by atoms with E-state index in [2.05, 4.69) is 16.0 Å². The highest BCUT2D eigenvalue weighted by Crippen LogP contribution is 2.39. The normalized spacial score (nSPS) is 13.8. The number of hydrogen-bond acceptors (Lipinski definition) is 23. The fourth-order valence-corrected chi connectivity index (χ4v) is 17.3. The van der Waals surface area contributed by atoms with Gasteiger partial charge in [0.1, 0.15) is 40.5 Å². The maximum atomic E-state index is 15.6. The van der Waals surface area contributed by atoms with Crippen molar-refractivity contribution in [2.45, 2.75) is 114 Å². The van der Waals surface area contributed by atoms with Crippen LogP contribution in [-0.2, 0) is 101 Å². The fourth-order valence-electron chi connectivity index (χ4n) is 15.6. The Bertz CT molecular complexity index is 4730. The molecule has 6 aromatic rings. The van der Waals surface area contributed by atoms with E-state index in [9.17, 15) is 28.8 Å². The zero-order chi connectivity index (χ0) is 96.1. The Morgan fingerprint density at radius 2 is 0.654 bits per heavy atom. The summed E-state index contributed by atoms with van der Waals surface area (Å²) in [7, 11) is 9.16. The standard InChI is InChI=1S/C97H134N16O19S/c1-69(114)105(55-45-98)60-88(118)107(50-40-71-17-29-78(128-3)30-18-71)62-90(120)110(53-43-74-23-35-81(131-6)36-24-74)64-94(124)113(57-47-100)67-93(123)109(52-42-73-21-33-80(130-5)34-22-73)63-91(121)111(54-44-75-25-37-82(132-7)38-26-75)65-95(125)112(56-46-99)66-92(122)108(51-41-72-19-31-79(129-4)32-20-72)61-89(119)106(49-39-70-15-27-77(127-2)28-16-70)59-87(117)103-83(97(101)126)12-10-11-48-102-85(115)14-9-8-13-84-96-76(68-133-84)58-86(116)104-96/h15-38,76,83-84,96H,8-14,39-68,98-100H2,1-7H3,(H2,101,126)(H,102,115)(H,103,117)(H,104,116)/t76-,83-,84?,96-/m0/s1. The number of carbonyl (C=O) groups excluding carboxylic acids is 13. The first kappa shape index (κ1) is 106. The van der Waals surface area contributed by atoms with Crippen molar-refractivity contribution in [3.63, 3.8) is 0 Å². The first-order valence-electron chi connectivity index (χ1n) is 45.3. The van der Waals surface area contributed by atoms with Gasteiger partial charge in [-0.2, -0.15) is 11.8 Å². The number of rotatable bonds is 60. The zero-order valence-corrected chi connectivity index (χ0v) is 78.6. The molecule has 4 atom stereocenters. The smallest absolute Gasteiger partial charge is 0.242 e. The third-order valence-electron chi connectivity index (χ3n) is 23.7. The van der Waals surface area contributed by atoms with Gasteiger partial charge in [0.15, 0.2) is 0 Å². The third kappa shape index (κ3) is 35.8. The van der Waals surface area contributed by atoms with Crippen LogP contribution in [-0.4, -0.2) is 331 Å². The monoisotopic (exact) mass is 1860 g/mol.